The van der Waals surface area contributed by atoms with Gasteiger partial charge in [-0.05, 0) is 46.1 Å². The Labute approximate surface area is 151 Å². The van der Waals surface area contributed by atoms with Gasteiger partial charge in [0.2, 0.25) is 0 Å². The summed E-state index contributed by atoms with van der Waals surface area (Å²) in [6.07, 6.45) is 6.58. The highest BCUT2D eigenvalue weighted by Gasteiger charge is 2.44. The van der Waals surface area contributed by atoms with Gasteiger partial charge in [-0.1, -0.05) is 7.43 Å². The van der Waals surface area contributed by atoms with Gasteiger partial charge >= 0.3 is 6.09 Å². The van der Waals surface area contributed by atoms with E-state index in [4.69, 9.17) is 10.5 Å². The highest BCUT2D eigenvalue weighted by Crippen LogP contribution is 2.41. The van der Waals surface area contributed by atoms with Crippen molar-refractivity contribution in [2.24, 2.45) is 5.41 Å². The number of hydrogen-bond donors (Lipinski definition) is 1. The first kappa shape index (κ1) is 19.3. The molecule has 0 aromatic carbocycles. The molecule has 2 saturated heterocycles. The smallest absolute Gasteiger partial charge is 0.410 e. The van der Waals surface area contributed by atoms with E-state index in [1.54, 1.807) is 12.4 Å². The van der Waals surface area contributed by atoms with E-state index >= 15 is 0 Å². The summed E-state index contributed by atoms with van der Waals surface area (Å²) in [6.45, 7) is 9.20. The van der Waals surface area contributed by atoms with E-state index < -0.39 is 5.60 Å². The number of nitrogens with two attached hydrogens (primary N) is 1. The topological polar surface area (TPSA) is 71.7 Å². The number of aromatic nitrogens is 1. The quantitative estimate of drug-likeness (QED) is 0.840. The monoisotopic (exact) mass is 348 g/mol. The molecule has 1 atom stereocenters. The zero-order valence-electron chi connectivity index (χ0n) is 14.9. The number of amides is 1. The lowest BCUT2D eigenvalue weighted by Gasteiger charge is -2.41. The summed E-state index contributed by atoms with van der Waals surface area (Å²) in [7, 11) is 0. The van der Waals surface area contributed by atoms with Gasteiger partial charge in [0.05, 0.1) is 17.6 Å². The Morgan fingerprint density at radius 2 is 2.04 bits per heavy atom. The molecular weight excluding hydrogens is 316 g/mol. The number of carbonyl (C=O) groups excluding carboxylic acids is 1. The van der Waals surface area contributed by atoms with E-state index in [2.05, 4.69) is 9.88 Å². The fourth-order valence-electron chi connectivity index (χ4n) is 3.85. The summed E-state index contributed by atoms with van der Waals surface area (Å²) in [5.41, 5.74) is 7.57. The average Bonchev–Trinajstić information content (AvgIpc) is 2.90. The predicted molar refractivity (Wildman–Crippen MR) is 102 cm³/mol. The second kappa shape index (κ2) is 7.10. The lowest BCUT2D eigenvalue weighted by atomic mass is 9.79. The Hall–Kier alpha value is -1.98. The molecule has 140 valence electrons. The molecule has 2 N–H and O–H groups in total. The van der Waals surface area contributed by atoms with Gasteiger partial charge in [-0.2, -0.15) is 0 Å². The third-order valence-corrected chi connectivity index (χ3v) is 4.92. The van der Waals surface area contributed by atoms with Crippen LogP contribution in [0.1, 0.15) is 47.5 Å². The van der Waals surface area contributed by atoms with E-state index in [0.717, 1.165) is 56.8 Å². The van der Waals surface area contributed by atoms with Gasteiger partial charge in [0.1, 0.15) is 5.60 Å². The van der Waals surface area contributed by atoms with Crippen molar-refractivity contribution < 1.29 is 9.53 Å². The summed E-state index contributed by atoms with van der Waals surface area (Å²) in [5, 5.41) is 0. The highest BCUT2D eigenvalue weighted by atomic mass is 16.6. The van der Waals surface area contributed by atoms with Crippen LogP contribution in [0.5, 0.6) is 0 Å². The van der Waals surface area contributed by atoms with Crippen molar-refractivity contribution >= 4 is 17.5 Å². The Kier molecular flexibility index (Phi) is 5.49. The van der Waals surface area contributed by atoms with Crippen LogP contribution in [-0.4, -0.2) is 47.8 Å². The van der Waals surface area contributed by atoms with E-state index in [-0.39, 0.29) is 18.9 Å². The van der Waals surface area contributed by atoms with E-state index in [1.807, 2.05) is 31.7 Å². The third-order valence-electron chi connectivity index (χ3n) is 4.92. The number of carbonyl (C=O) groups is 1. The Morgan fingerprint density at radius 3 is 2.72 bits per heavy atom. The Morgan fingerprint density at radius 1 is 1.28 bits per heavy atom. The number of anilines is 2. The molecule has 3 rings (SSSR count). The Bertz CT molecular complexity index is 614. The zero-order chi connectivity index (χ0) is 17.4. The van der Waals surface area contributed by atoms with Crippen LogP contribution < -0.4 is 10.6 Å². The molecule has 3 heterocycles. The Balaban J connectivity index is 0.00000225. The van der Waals surface area contributed by atoms with Gasteiger partial charge in [0, 0.05) is 37.8 Å². The van der Waals surface area contributed by atoms with Crippen LogP contribution in [0.25, 0.3) is 0 Å². The standard InChI is InChI=1S/C18H28N4O2.CH4/c1-17(2,3)24-16(23)22-10-7-18(13-22)6-4-9-21(12-18)15-5-8-20-11-14(15)19;/h5,8,11H,4,6-7,9-10,12-13,19H2,1-3H3;1H4. The van der Waals surface area contributed by atoms with Crippen LogP contribution in [0.15, 0.2) is 18.5 Å². The second-order valence-electron chi connectivity index (χ2n) is 8.11. The molecule has 1 unspecified atom stereocenters. The fourth-order valence-corrected chi connectivity index (χ4v) is 3.85. The lowest BCUT2D eigenvalue weighted by Crippen LogP contribution is -2.46. The van der Waals surface area contributed by atoms with Crippen molar-refractivity contribution in [2.75, 3.05) is 36.8 Å². The predicted octanol–water partition coefficient (Wildman–Crippen LogP) is 3.53. The van der Waals surface area contributed by atoms with Crippen molar-refractivity contribution in [3.8, 4) is 0 Å². The average molecular weight is 348 g/mol. The van der Waals surface area contributed by atoms with Gasteiger partial charge in [-0.15, -0.1) is 0 Å². The first-order valence-electron chi connectivity index (χ1n) is 8.70. The third kappa shape index (κ3) is 4.35. The molecule has 6 nitrogen and oxygen atoms in total. The van der Waals surface area contributed by atoms with Crippen molar-refractivity contribution in [3.63, 3.8) is 0 Å². The molecule has 25 heavy (non-hydrogen) atoms. The number of pyridine rings is 1. The highest BCUT2D eigenvalue weighted by molar-refractivity contribution is 5.69. The number of nitrogens with zero attached hydrogens (tertiary/aromatic N) is 3. The SMILES string of the molecule is C.CC(C)(C)OC(=O)N1CCC2(CCCN(c3ccncc3N)C2)C1. The van der Waals surface area contributed by atoms with Gasteiger partial charge in [0.15, 0.2) is 0 Å². The maximum atomic E-state index is 12.4. The number of ether oxygens (including phenoxy) is 1. The van der Waals surface area contributed by atoms with Gasteiger partial charge < -0.3 is 20.3 Å². The summed E-state index contributed by atoms with van der Waals surface area (Å²) >= 11 is 0. The van der Waals surface area contributed by atoms with Gasteiger partial charge in [-0.25, -0.2) is 4.79 Å². The molecule has 1 spiro atoms. The molecular formula is C19H32N4O2. The molecule has 2 aliphatic heterocycles. The van der Waals surface area contributed by atoms with Crippen molar-refractivity contribution in [1.82, 2.24) is 9.88 Å². The van der Waals surface area contributed by atoms with Crippen molar-refractivity contribution in [3.05, 3.63) is 18.5 Å². The zero-order valence-corrected chi connectivity index (χ0v) is 14.9. The molecule has 1 amide bonds. The minimum Gasteiger partial charge on any atom is -0.444 e. The van der Waals surface area contributed by atoms with Crippen LogP contribution >= 0.6 is 0 Å². The van der Waals surface area contributed by atoms with Crippen LogP contribution in [0.4, 0.5) is 16.2 Å². The molecule has 2 aliphatic rings. The maximum absolute atomic E-state index is 12.4. The van der Waals surface area contributed by atoms with E-state index in [9.17, 15) is 4.79 Å². The van der Waals surface area contributed by atoms with Crippen LogP contribution in [0.2, 0.25) is 0 Å². The van der Waals surface area contributed by atoms with Crippen molar-refractivity contribution in [1.29, 1.82) is 0 Å². The summed E-state index contributed by atoms with van der Waals surface area (Å²) < 4.78 is 5.53. The van der Waals surface area contributed by atoms with Gasteiger partial charge in [-0.3, -0.25) is 4.98 Å². The normalized spacial score (nSPS) is 23.5. The number of piperidine rings is 1. The second-order valence-corrected chi connectivity index (χ2v) is 8.11. The molecule has 1 aromatic heterocycles. The molecule has 0 bridgehead atoms. The summed E-state index contributed by atoms with van der Waals surface area (Å²) in [5.74, 6) is 0. The largest absolute Gasteiger partial charge is 0.444 e. The molecule has 0 radical (unpaired) electrons. The van der Waals surface area contributed by atoms with Crippen LogP contribution in [-0.2, 0) is 4.74 Å². The number of likely N-dealkylation sites (tertiary alicyclic amines) is 1. The minimum absolute atomic E-state index is 0. The molecule has 0 saturated carbocycles. The molecule has 1 aromatic rings. The van der Waals surface area contributed by atoms with Gasteiger partial charge in [0.25, 0.3) is 0 Å². The summed E-state index contributed by atoms with van der Waals surface area (Å²) in [4.78, 5) is 20.6. The van der Waals surface area contributed by atoms with Crippen LogP contribution in [0.3, 0.4) is 0 Å². The first-order valence-corrected chi connectivity index (χ1v) is 8.70. The van der Waals surface area contributed by atoms with E-state index in [1.165, 1.54) is 0 Å². The number of rotatable bonds is 1. The summed E-state index contributed by atoms with van der Waals surface area (Å²) in [6, 6.07) is 1.98. The van der Waals surface area contributed by atoms with Crippen molar-refractivity contribution in [2.45, 2.75) is 53.1 Å². The number of nitrogen functional groups attached to an aromatic ring is 1. The molecule has 6 heteroatoms. The molecule has 2 fully saturated rings. The van der Waals surface area contributed by atoms with E-state index in [0.29, 0.717) is 0 Å². The number of hydrogen-bond acceptors (Lipinski definition) is 5. The van der Waals surface area contributed by atoms with Crippen LogP contribution in [0, 0.1) is 5.41 Å². The molecule has 0 aliphatic carbocycles. The first-order chi connectivity index (χ1) is 11.3. The maximum Gasteiger partial charge on any atom is 0.410 e. The lowest BCUT2D eigenvalue weighted by molar-refractivity contribution is 0.0269. The minimum atomic E-state index is -0.447. The fraction of sp³-hybridized carbons (Fsp3) is 0.684.